The number of hydrogen-bond acceptors (Lipinski definition) is 2. The van der Waals surface area contributed by atoms with E-state index in [1.807, 2.05) is 19.1 Å². The Morgan fingerprint density at radius 1 is 1.06 bits per heavy atom. The summed E-state index contributed by atoms with van der Waals surface area (Å²) in [4.78, 5) is 0. The van der Waals surface area contributed by atoms with E-state index in [9.17, 15) is 5.11 Å². The Bertz CT molecular complexity index is 615. The molecule has 0 spiro atoms. The second-order valence-corrected chi connectivity index (χ2v) is 4.78. The molecule has 2 heteroatoms. The van der Waals surface area contributed by atoms with Gasteiger partial charge in [0.2, 0.25) is 0 Å². The van der Waals surface area contributed by atoms with Crippen molar-refractivity contribution in [2.45, 2.75) is 19.8 Å². The van der Waals surface area contributed by atoms with Crippen molar-refractivity contribution in [1.29, 1.82) is 0 Å². The molecule has 1 N–H and O–H groups in total. The molecule has 0 fully saturated rings. The molecule has 2 aromatic carbocycles. The van der Waals surface area contributed by atoms with Gasteiger partial charge in [0, 0.05) is 5.56 Å². The Labute approximate surface area is 107 Å². The standard InChI is InChI=1S/C16H16O2/c1-10-3-6-14-13-8-5-12(18-2)9-11(13)4-7-15(14)16(10)17/h3,5-6,8-9,17H,4,7H2,1-2H3. The van der Waals surface area contributed by atoms with Crippen molar-refractivity contribution in [3.63, 3.8) is 0 Å². The third kappa shape index (κ3) is 1.57. The molecule has 1 aliphatic rings. The average molecular weight is 240 g/mol. The molecule has 0 unspecified atom stereocenters. The van der Waals surface area contributed by atoms with E-state index in [2.05, 4.69) is 18.2 Å². The van der Waals surface area contributed by atoms with E-state index in [-0.39, 0.29) is 0 Å². The van der Waals surface area contributed by atoms with Crippen LogP contribution in [0.25, 0.3) is 11.1 Å². The third-order valence-electron chi connectivity index (χ3n) is 3.73. The number of ether oxygens (including phenoxy) is 1. The van der Waals surface area contributed by atoms with Gasteiger partial charge in [0.05, 0.1) is 7.11 Å². The van der Waals surface area contributed by atoms with E-state index in [0.717, 1.165) is 35.3 Å². The summed E-state index contributed by atoms with van der Waals surface area (Å²) in [6.07, 6.45) is 1.85. The maximum atomic E-state index is 10.1. The van der Waals surface area contributed by atoms with Crippen LogP contribution in [0.4, 0.5) is 0 Å². The molecule has 0 aliphatic heterocycles. The van der Waals surface area contributed by atoms with E-state index in [0.29, 0.717) is 5.75 Å². The van der Waals surface area contributed by atoms with Crippen molar-refractivity contribution < 1.29 is 9.84 Å². The molecule has 0 aromatic heterocycles. The van der Waals surface area contributed by atoms with Gasteiger partial charge in [0.15, 0.2) is 0 Å². The number of aromatic hydroxyl groups is 1. The fraction of sp³-hybridized carbons (Fsp3) is 0.250. The van der Waals surface area contributed by atoms with Crippen molar-refractivity contribution >= 4 is 0 Å². The Balaban J connectivity index is 2.21. The van der Waals surface area contributed by atoms with Gasteiger partial charge in [-0.15, -0.1) is 0 Å². The van der Waals surface area contributed by atoms with Crippen LogP contribution >= 0.6 is 0 Å². The number of phenolic OH excluding ortho intramolecular Hbond substituents is 1. The Morgan fingerprint density at radius 3 is 2.61 bits per heavy atom. The molecule has 0 saturated heterocycles. The van der Waals surface area contributed by atoms with E-state index >= 15 is 0 Å². The molecule has 0 saturated carbocycles. The first-order valence-electron chi connectivity index (χ1n) is 6.19. The quantitative estimate of drug-likeness (QED) is 0.827. The SMILES string of the molecule is COc1ccc2c(c1)CCc1c-2ccc(C)c1O. The van der Waals surface area contributed by atoms with Gasteiger partial charge in [-0.25, -0.2) is 0 Å². The fourth-order valence-electron chi connectivity index (χ4n) is 2.69. The number of hydrogen-bond donors (Lipinski definition) is 1. The Kier molecular flexibility index (Phi) is 2.51. The summed E-state index contributed by atoms with van der Waals surface area (Å²) < 4.78 is 5.26. The molecule has 2 aromatic rings. The summed E-state index contributed by atoms with van der Waals surface area (Å²) in [6, 6.07) is 10.2. The van der Waals surface area contributed by atoms with Crippen LogP contribution in [0.1, 0.15) is 16.7 Å². The second kappa shape index (κ2) is 4.05. The predicted molar refractivity (Wildman–Crippen MR) is 72.2 cm³/mol. The van der Waals surface area contributed by atoms with E-state index in [1.54, 1.807) is 7.11 Å². The van der Waals surface area contributed by atoms with Gasteiger partial charge in [-0.2, -0.15) is 0 Å². The number of benzene rings is 2. The van der Waals surface area contributed by atoms with Crippen LogP contribution in [0.2, 0.25) is 0 Å². The lowest BCUT2D eigenvalue weighted by Gasteiger charge is -2.22. The number of methoxy groups -OCH3 is 1. The molecule has 2 nitrogen and oxygen atoms in total. The average Bonchev–Trinajstić information content (AvgIpc) is 2.41. The van der Waals surface area contributed by atoms with Crippen molar-refractivity contribution in [1.82, 2.24) is 0 Å². The molecule has 18 heavy (non-hydrogen) atoms. The smallest absolute Gasteiger partial charge is 0.122 e. The molecule has 0 radical (unpaired) electrons. The number of phenols is 1. The predicted octanol–water partition coefficient (Wildman–Crippen LogP) is 3.47. The van der Waals surface area contributed by atoms with Gasteiger partial charge in [0.25, 0.3) is 0 Å². The second-order valence-electron chi connectivity index (χ2n) is 4.78. The van der Waals surface area contributed by atoms with Crippen LogP contribution in [-0.2, 0) is 12.8 Å². The molecule has 0 heterocycles. The van der Waals surface area contributed by atoms with Crippen LogP contribution in [-0.4, -0.2) is 12.2 Å². The fourth-order valence-corrected chi connectivity index (χ4v) is 2.69. The molecule has 92 valence electrons. The molecule has 3 rings (SSSR count). The van der Waals surface area contributed by atoms with Crippen LogP contribution in [0.15, 0.2) is 30.3 Å². The maximum absolute atomic E-state index is 10.1. The zero-order chi connectivity index (χ0) is 12.7. The zero-order valence-electron chi connectivity index (χ0n) is 10.7. The van der Waals surface area contributed by atoms with Crippen LogP contribution in [0, 0.1) is 6.92 Å². The van der Waals surface area contributed by atoms with Gasteiger partial charge in [-0.3, -0.25) is 0 Å². The molecular weight excluding hydrogens is 224 g/mol. The topological polar surface area (TPSA) is 29.5 Å². The van der Waals surface area contributed by atoms with E-state index in [4.69, 9.17) is 4.74 Å². The van der Waals surface area contributed by atoms with Gasteiger partial charge in [-0.05, 0) is 54.2 Å². The largest absolute Gasteiger partial charge is 0.507 e. The van der Waals surface area contributed by atoms with Crippen LogP contribution < -0.4 is 4.74 Å². The first-order chi connectivity index (χ1) is 8.70. The lowest BCUT2D eigenvalue weighted by Crippen LogP contribution is -2.05. The highest BCUT2D eigenvalue weighted by molar-refractivity contribution is 5.76. The summed E-state index contributed by atoms with van der Waals surface area (Å²) in [5.74, 6) is 1.35. The highest BCUT2D eigenvalue weighted by Crippen LogP contribution is 2.40. The van der Waals surface area contributed by atoms with Crippen molar-refractivity contribution in [3.05, 3.63) is 47.0 Å². The van der Waals surface area contributed by atoms with Gasteiger partial charge in [0.1, 0.15) is 11.5 Å². The minimum atomic E-state index is 0.453. The molecular formula is C16H16O2. The van der Waals surface area contributed by atoms with Crippen molar-refractivity contribution in [2.24, 2.45) is 0 Å². The first kappa shape index (κ1) is 11.1. The van der Waals surface area contributed by atoms with Crippen molar-refractivity contribution in [3.8, 4) is 22.6 Å². The van der Waals surface area contributed by atoms with Gasteiger partial charge in [-0.1, -0.05) is 18.2 Å². The summed E-state index contributed by atoms with van der Waals surface area (Å²) >= 11 is 0. The summed E-state index contributed by atoms with van der Waals surface area (Å²) in [5, 5.41) is 10.1. The summed E-state index contributed by atoms with van der Waals surface area (Å²) in [6.45, 7) is 1.94. The maximum Gasteiger partial charge on any atom is 0.122 e. The molecule has 0 amide bonds. The third-order valence-corrected chi connectivity index (χ3v) is 3.73. The van der Waals surface area contributed by atoms with Gasteiger partial charge >= 0.3 is 0 Å². The number of fused-ring (bicyclic) bond motifs is 3. The minimum absolute atomic E-state index is 0.453. The minimum Gasteiger partial charge on any atom is -0.507 e. The Hall–Kier alpha value is -1.96. The molecule has 0 atom stereocenters. The van der Waals surface area contributed by atoms with E-state index < -0.39 is 0 Å². The van der Waals surface area contributed by atoms with Crippen LogP contribution in [0.3, 0.4) is 0 Å². The van der Waals surface area contributed by atoms with E-state index in [1.165, 1.54) is 11.1 Å². The Morgan fingerprint density at radius 2 is 1.83 bits per heavy atom. The van der Waals surface area contributed by atoms with Gasteiger partial charge < -0.3 is 9.84 Å². The highest BCUT2D eigenvalue weighted by atomic mass is 16.5. The first-order valence-corrected chi connectivity index (χ1v) is 6.19. The summed E-state index contributed by atoms with van der Waals surface area (Å²) in [5.41, 5.74) is 5.69. The summed E-state index contributed by atoms with van der Waals surface area (Å²) in [7, 11) is 1.69. The highest BCUT2D eigenvalue weighted by Gasteiger charge is 2.19. The molecule has 1 aliphatic carbocycles. The van der Waals surface area contributed by atoms with Crippen LogP contribution in [0.5, 0.6) is 11.5 Å². The van der Waals surface area contributed by atoms with Crippen molar-refractivity contribution in [2.75, 3.05) is 7.11 Å². The normalized spacial score (nSPS) is 12.8. The molecule has 0 bridgehead atoms. The number of aryl methyl sites for hydroxylation is 2. The monoisotopic (exact) mass is 240 g/mol. The lowest BCUT2D eigenvalue weighted by atomic mass is 9.84. The number of rotatable bonds is 1. The zero-order valence-corrected chi connectivity index (χ0v) is 10.7. The lowest BCUT2D eigenvalue weighted by molar-refractivity contribution is 0.414.